The van der Waals surface area contributed by atoms with Crippen molar-refractivity contribution in [2.24, 2.45) is 0 Å². The summed E-state index contributed by atoms with van der Waals surface area (Å²) in [5.41, 5.74) is 0.363. The van der Waals surface area contributed by atoms with E-state index in [9.17, 15) is 4.79 Å². The molecule has 0 aliphatic heterocycles. The van der Waals surface area contributed by atoms with Crippen LogP contribution in [0.3, 0.4) is 0 Å². The highest BCUT2D eigenvalue weighted by molar-refractivity contribution is 6.42. The van der Waals surface area contributed by atoms with Crippen LogP contribution in [0, 0.1) is 0 Å². The Morgan fingerprint density at radius 2 is 1.74 bits per heavy atom. The maximum Gasteiger partial charge on any atom is 0.272 e. The summed E-state index contributed by atoms with van der Waals surface area (Å²) in [7, 11) is 0. The van der Waals surface area contributed by atoms with E-state index < -0.39 is 0 Å². The van der Waals surface area contributed by atoms with E-state index in [0.29, 0.717) is 15.7 Å². The van der Waals surface area contributed by atoms with Gasteiger partial charge in [-0.25, -0.2) is 4.98 Å². The van der Waals surface area contributed by atoms with Crippen molar-refractivity contribution in [1.29, 1.82) is 0 Å². The molecule has 0 saturated carbocycles. The van der Waals surface area contributed by atoms with Gasteiger partial charge in [-0.05, 0) is 18.9 Å². The molecule has 0 unspecified atom stereocenters. The Hall–Kier alpha value is -0.800. The molecule has 0 aromatic carbocycles. The predicted octanol–water partition coefficient (Wildman–Crippen LogP) is 4.43. The van der Waals surface area contributed by atoms with Gasteiger partial charge < -0.3 is 4.90 Å². The standard InChI is InChI=1S/C14H20Cl2N2O/c1-3-5-7-18(8-6-4-2)14(19)13-9-11(15)12(16)10-17-13/h9-10H,3-8H2,1-2H3. The molecule has 0 bridgehead atoms. The van der Waals surface area contributed by atoms with Crippen LogP contribution in [-0.2, 0) is 0 Å². The smallest absolute Gasteiger partial charge is 0.272 e. The van der Waals surface area contributed by atoms with Crippen molar-refractivity contribution >= 4 is 29.1 Å². The minimum Gasteiger partial charge on any atom is -0.337 e. The molecule has 19 heavy (non-hydrogen) atoms. The van der Waals surface area contributed by atoms with Crippen LogP contribution < -0.4 is 0 Å². The lowest BCUT2D eigenvalue weighted by Gasteiger charge is -2.22. The van der Waals surface area contributed by atoms with Crippen LogP contribution in [0.15, 0.2) is 12.3 Å². The van der Waals surface area contributed by atoms with E-state index in [2.05, 4.69) is 18.8 Å². The number of hydrogen-bond acceptors (Lipinski definition) is 2. The number of nitrogens with zero attached hydrogens (tertiary/aromatic N) is 2. The molecule has 1 heterocycles. The highest BCUT2D eigenvalue weighted by Crippen LogP contribution is 2.21. The van der Waals surface area contributed by atoms with Gasteiger partial charge >= 0.3 is 0 Å². The monoisotopic (exact) mass is 302 g/mol. The number of unbranched alkanes of at least 4 members (excludes halogenated alkanes) is 2. The average molecular weight is 303 g/mol. The van der Waals surface area contributed by atoms with E-state index >= 15 is 0 Å². The maximum absolute atomic E-state index is 12.4. The summed E-state index contributed by atoms with van der Waals surface area (Å²) in [4.78, 5) is 18.3. The number of rotatable bonds is 7. The second-order valence-corrected chi connectivity index (χ2v) is 5.30. The van der Waals surface area contributed by atoms with Gasteiger partial charge in [0.05, 0.1) is 10.0 Å². The Labute approximate surface area is 124 Å². The summed E-state index contributed by atoms with van der Waals surface area (Å²) in [5, 5.41) is 0.734. The fourth-order valence-electron chi connectivity index (χ4n) is 1.71. The van der Waals surface area contributed by atoms with Crippen LogP contribution in [-0.4, -0.2) is 28.9 Å². The van der Waals surface area contributed by atoms with E-state index in [-0.39, 0.29) is 5.91 Å². The third-order valence-electron chi connectivity index (χ3n) is 2.88. The molecule has 0 radical (unpaired) electrons. The van der Waals surface area contributed by atoms with Gasteiger partial charge in [-0.2, -0.15) is 0 Å². The molecule has 0 N–H and O–H groups in total. The summed E-state index contributed by atoms with van der Waals surface area (Å²) >= 11 is 11.7. The quantitative estimate of drug-likeness (QED) is 0.746. The zero-order valence-corrected chi connectivity index (χ0v) is 13.0. The molecule has 5 heteroatoms. The molecule has 106 valence electrons. The number of pyridine rings is 1. The first-order valence-electron chi connectivity index (χ1n) is 6.70. The first-order valence-corrected chi connectivity index (χ1v) is 7.46. The Morgan fingerprint density at radius 3 is 2.21 bits per heavy atom. The van der Waals surface area contributed by atoms with Crippen molar-refractivity contribution in [3.8, 4) is 0 Å². The van der Waals surface area contributed by atoms with Crippen LogP contribution in [0.25, 0.3) is 0 Å². The van der Waals surface area contributed by atoms with Gasteiger partial charge in [0, 0.05) is 19.3 Å². The van der Waals surface area contributed by atoms with Crippen LogP contribution in [0.4, 0.5) is 0 Å². The molecule has 1 rings (SSSR count). The van der Waals surface area contributed by atoms with Crippen molar-refractivity contribution in [1.82, 2.24) is 9.88 Å². The third kappa shape index (κ3) is 5.00. The average Bonchev–Trinajstić information content (AvgIpc) is 2.41. The van der Waals surface area contributed by atoms with Crippen molar-refractivity contribution in [3.63, 3.8) is 0 Å². The van der Waals surface area contributed by atoms with Gasteiger partial charge in [0.15, 0.2) is 0 Å². The number of aromatic nitrogens is 1. The van der Waals surface area contributed by atoms with Gasteiger partial charge in [0.2, 0.25) is 0 Å². The summed E-state index contributed by atoms with van der Waals surface area (Å²) in [6.07, 6.45) is 5.54. The molecule has 1 amide bonds. The minimum atomic E-state index is -0.0690. The van der Waals surface area contributed by atoms with E-state index in [1.165, 1.54) is 12.3 Å². The van der Waals surface area contributed by atoms with Crippen molar-refractivity contribution < 1.29 is 4.79 Å². The molecule has 0 atom stereocenters. The van der Waals surface area contributed by atoms with Gasteiger partial charge in [0.1, 0.15) is 5.69 Å². The fourth-order valence-corrected chi connectivity index (χ4v) is 1.96. The normalized spacial score (nSPS) is 10.5. The molecule has 0 spiro atoms. The SMILES string of the molecule is CCCCN(CCCC)C(=O)c1cc(Cl)c(Cl)cn1. The molecule has 1 aromatic rings. The van der Waals surface area contributed by atoms with Gasteiger partial charge in [-0.1, -0.05) is 49.9 Å². The Morgan fingerprint density at radius 1 is 1.16 bits per heavy atom. The number of amides is 1. The summed E-state index contributed by atoms with van der Waals surface area (Å²) in [6.45, 7) is 5.74. The van der Waals surface area contributed by atoms with Gasteiger partial charge in [0.25, 0.3) is 5.91 Å². The van der Waals surface area contributed by atoms with E-state index in [0.717, 1.165) is 38.8 Å². The molecule has 3 nitrogen and oxygen atoms in total. The van der Waals surface area contributed by atoms with Gasteiger partial charge in [-0.15, -0.1) is 0 Å². The Kier molecular flexibility index (Phi) is 7.17. The van der Waals surface area contributed by atoms with Crippen molar-refractivity contribution in [3.05, 3.63) is 28.0 Å². The van der Waals surface area contributed by atoms with Crippen LogP contribution in [0.1, 0.15) is 50.0 Å². The van der Waals surface area contributed by atoms with E-state index in [4.69, 9.17) is 23.2 Å². The predicted molar refractivity (Wildman–Crippen MR) is 80.0 cm³/mol. The minimum absolute atomic E-state index is 0.0690. The van der Waals surface area contributed by atoms with Crippen molar-refractivity contribution in [2.75, 3.05) is 13.1 Å². The van der Waals surface area contributed by atoms with Gasteiger partial charge in [-0.3, -0.25) is 4.79 Å². The number of carbonyl (C=O) groups excluding carboxylic acids is 1. The summed E-state index contributed by atoms with van der Waals surface area (Å²) in [6, 6.07) is 1.54. The third-order valence-corrected chi connectivity index (χ3v) is 3.59. The highest BCUT2D eigenvalue weighted by Gasteiger charge is 2.17. The Balaban J connectivity index is 2.81. The van der Waals surface area contributed by atoms with Crippen LogP contribution in [0.2, 0.25) is 10.0 Å². The summed E-state index contributed by atoms with van der Waals surface area (Å²) in [5.74, 6) is -0.0690. The zero-order valence-electron chi connectivity index (χ0n) is 11.5. The van der Waals surface area contributed by atoms with Crippen LogP contribution in [0.5, 0.6) is 0 Å². The molecule has 0 fully saturated rings. The lowest BCUT2D eigenvalue weighted by Crippen LogP contribution is -2.33. The molecular formula is C14H20Cl2N2O. The number of hydrogen-bond donors (Lipinski definition) is 0. The van der Waals surface area contributed by atoms with E-state index in [1.54, 1.807) is 0 Å². The maximum atomic E-state index is 12.4. The molecule has 0 aliphatic rings. The lowest BCUT2D eigenvalue weighted by atomic mass is 10.2. The second-order valence-electron chi connectivity index (χ2n) is 4.48. The van der Waals surface area contributed by atoms with Crippen molar-refractivity contribution in [2.45, 2.75) is 39.5 Å². The Bertz CT molecular complexity index is 416. The number of halogens is 2. The molecular weight excluding hydrogens is 283 g/mol. The van der Waals surface area contributed by atoms with E-state index in [1.807, 2.05) is 4.90 Å². The zero-order chi connectivity index (χ0) is 14.3. The molecule has 1 aromatic heterocycles. The lowest BCUT2D eigenvalue weighted by molar-refractivity contribution is 0.0745. The molecule has 0 saturated heterocycles. The topological polar surface area (TPSA) is 33.2 Å². The summed E-state index contributed by atoms with van der Waals surface area (Å²) < 4.78 is 0. The number of carbonyl (C=O) groups is 1. The first kappa shape index (κ1) is 16.3. The van der Waals surface area contributed by atoms with Crippen LogP contribution >= 0.6 is 23.2 Å². The molecule has 0 aliphatic carbocycles. The second kappa shape index (κ2) is 8.39. The first-order chi connectivity index (χ1) is 9.10. The largest absolute Gasteiger partial charge is 0.337 e. The fraction of sp³-hybridized carbons (Fsp3) is 0.571. The highest BCUT2D eigenvalue weighted by atomic mass is 35.5.